The Bertz CT molecular complexity index is 450. The highest BCUT2D eigenvalue weighted by atomic mass is 35.5. The van der Waals surface area contributed by atoms with Crippen molar-refractivity contribution in [2.24, 2.45) is 5.73 Å². The van der Waals surface area contributed by atoms with Crippen LogP contribution in [0.4, 0.5) is 0 Å². The lowest BCUT2D eigenvalue weighted by Gasteiger charge is -2.23. The Morgan fingerprint density at radius 2 is 2.21 bits per heavy atom. The first kappa shape index (κ1) is 15.9. The van der Waals surface area contributed by atoms with Gasteiger partial charge in [-0.05, 0) is 25.5 Å². The molecule has 0 aromatic carbocycles. The zero-order chi connectivity index (χ0) is 14.4. The van der Waals surface area contributed by atoms with Crippen LogP contribution in [0.25, 0.3) is 0 Å². The van der Waals surface area contributed by atoms with E-state index in [-0.39, 0.29) is 18.7 Å². The van der Waals surface area contributed by atoms with Crippen molar-refractivity contribution in [2.75, 3.05) is 6.54 Å². The van der Waals surface area contributed by atoms with Gasteiger partial charge in [0.1, 0.15) is 0 Å². The number of carboxylic acid groups (broad SMARTS) is 1. The molecule has 1 rings (SSSR count). The summed E-state index contributed by atoms with van der Waals surface area (Å²) in [5.41, 5.74) is 5.72. The fraction of sp³-hybridized carbons (Fsp3) is 0.500. The minimum Gasteiger partial charge on any atom is -0.481 e. The lowest BCUT2D eigenvalue weighted by atomic mass is 10.1. The van der Waals surface area contributed by atoms with Crippen LogP contribution in [0.5, 0.6) is 0 Å². The molecule has 1 heterocycles. The minimum atomic E-state index is -0.948. The number of rotatable bonds is 7. The Morgan fingerprint density at radius 1 is 1.53 bits per heavy atom. The first-order valence-corrected chi connectivity index (χ1v) is 7.13. The third kappa shape index (κ3) is 5.18. The Hall–Kier alpha value is -1.11. The molecule has 0 aliphatic carbocycles. The molecule has 0 aliphatic heterocycles. The summed E-state index contributed by atoms with van der Waals surface area (Å²) in [6.07, 6.45) is 0.0468. The summed E-state index contributed by atoms with van der Waals surface area (Å²) in [6, 6.07) is 2.88. The number of hydrogen-bond acceptors (Lipinski definition) is 4. The molecule has 1 aromatic heterocycles. The van der Waals surface area contributed by atoms with Crippen molar-refractivity contribution < 1.29 is 14.7 Å². The molecule has 7 heteroatoms. The molecule has 3 N–H and O–H groups in total. The highest BCUT2D eigenvalue weighted by Crippen LogP contribution is 2.22. The summed E-state index contributed by atoms with van der Waals surface area (Å²) >= 11 is 7.25. The zero-order valence-corrected chi connectivity index (χ0v) is 12.2. The van der Waals surface area contributed by atoms with Gasteiger partial charge < -0.3 is 15.7 Å². The zero-order valence-electron chi connectivity index (χ0n) is 10.6. The molecule has 0 saturated carbocycles. The first-order chi connectivity index (χ1) is 8.93. The fourth-order valence-corrected chi connectivity index (χ4v) is 2.71. The molecular weight excluding hydrogens is 288 g/mol. The van der Waals surface area contributed by atoms with E-state index in [0.29, 0.717) is 17.4 Å². The van der Waals surface area contributed by atoms with Gasteiger partial charge in [0.2, 0.25) is 5.91 Å². The standard InChI is InChI=1S/C12H17ClN2O3S/c1-2-15(7-8-3-5-10(13)19-8)12(18)9(14)4-6-11(16)17/h3,5,9H,2,4,6-7,14H2,1H3,(H,16,17). The molecule has 106 valence electrons. The molecule has 0 fully saturated rings. The van der Waals surface area contributed by atoms with Gasteiger partial charge in [0, 0.05) is 17.8 Å². The minimum absolute atomic E-state index is 0.102. The van der Waals surface area contributed by atoms with E-state index in [1.54, 1.807) is 11.0 Å². The fourth-order valence-electron chi connectivity index (χ4n) is 1.61. The monoisotopic (exact) mass is 304 g/mol. The maximum Gasteiger partial charge on any atom is 0.303 e. The predicted molar refractivity (Wildman–Crippen MR) is 75.3 cm³/mol. The predicted octanol–water partition coefficient (Wildman–Crippen LogP) is 1.94. The topological polar surface area (TPSA) is 83.6 Å². The Morgan fingerprint density at radius 3 is 2.68 bits per heavy atom. The van der Waals surface area contributed by atoms with Crippen LogP contribution in [0.1, 0.15) is 24.6 Å². The average molecular weight is 305 g/mol. The van der Waals surface area contributed by atoms with Crippen molar-refractivity contribution in [3.05, 3.63) is 21.3 Å². The van der Waals surface area contributed by atoms with Crippen molar-refractivity contribution in [1.82, 2.24) is 4.90 Å². The van der Waals surface area contributed by atoms with Crippen LogP contribution in [-0.4, -0.2) is 34.5 Å². The van der Waals surface area contributed by atoms with Gasteiger partial charge in [0.05, 0.1) is 16.9 Å². The normalized spacial score (nSPS) is 12.2. The number of carbonyl (C=O) groups is 2. The third-order valence-corrected chi connectivity index (χ3v) is 3.87. The summed E-state index contributed by atoms with van der Waals surface area (Å²) in [5.74, 6) is -1.18. The van der Waals surface area contributed by atoms with Crippen LogP contribution in [0.3, 0.4) is 0 Å². The van der Waals surface area contributed by atoms with Gasteiger partial charge >= 0.3 is 5.97 Å². The van der Waals surface area contributed by atoms with E-state index in [4.69, 9.17) is 22.4 Å². The molecule has 1 aromatic rings. The lowest BCUT2D eigenvalue weighted by molar-refractivity contribution is -0.137. The molecular formula is C12H17ClN2O3S. The number of nitrogens with zero attached hydrogens (tertiary/aromatic N) is 1. The van der Waals surface area contributed by atoms with E-state index < -0.39 is 12.0 Å². The number of carbonyl (C=O) groups excluding carboxylic acids is 1. The number of amides is 1. The van der Waals surface area contributed by atoms with Crippen LogP contribution >= 0.6 is 22.9 Å². The maximum atomic E-state index is 12.1. The Balaban J connectivity index is 2.58. The summed E-state index contributed by atoms with van der Waals surface area (Å²) in [7, 11) is 0. The second kappa shape index (κ2) is 7.47. The lowest BCUT2D eigenvalue weighted by Crippen LogP contribution is -2.43. The van der Waals surface area contributed by atoms with Gasteiger partial charge in [-0.2, -0.15) is 0 Å². The molecule has 0 spiro atoms. The summed E-state index contributed by atoms with van der Waals surface area (Å²) in [5, 5.41) is 8.58. The van der Waals surface area contributed by atoms with Crippen molar-refractivity contribution in [3.63, 3.8) is 0 Å². The van der Waals surface area contributed by atoms with E-state index in [0.717, 1.165) is 4.88 Å². The molecule has 5 nitrogen and oxygen atoms in total. The second-order valence-electron chi connectivity index (χ2n) is 4.10. The molecule has 1 atom stereocenters. The van der Waals surface area contributed by atoms with Crippen molar-refractivity contribution in [3.8, 4) is 0 Å². The molecule has 0 bridgehead atoms. The summed E-state index contributed by atoms with van der Waals surface area (Å²) in [6.45, 7) is 2.83. The van der Waals surface area contributed by atoms with E-state index in [9.17, 15) is 9.59 Å². The van der Waals surface area contributed by atoms with Gasteiger partial charge in [0.15, 0.2) is 0 Å². The third-order valence-electron chi connectivity index (χ3n) is 2.66. The Kier molecular flexibility index (Phi) is 6.27. The van der Waals surface area contributed by atoms with Crippen LogP contribution in [0.2, 0.25) is 4.34 Å². The number of likely N-dealkylation sites (N-methyl/N-ethyl adjacent to an activating group) is 1. The maximum absolute atomic E-state index is 12.1. The number of nitrogens with two attached hydrogens (primary N) is 1. The average Bonchev–Trinajstić information content (AvgIpc) is 2.77. The summed E-state index contributed by atoms with van der Waals surface area (Å²) < 4.78 is 0.675. The number of halogens is 1. The largest absolute Gasteiger partial charge is 0.481 e. The number of hydrogen-bond donors (Lipinski definition) is 2. The number of aliphatic carboxylic acids is 1. The number of thiophene rings is 1. The summed E-state index contributed by atoms with van der Waals surface area (Å²) in [4.78, 5) is 25.1. The SMILES string of the molecule is CCN(Cc1ccc(Cl)s1)C(=O)C(N)CCC(=O)O. The molecule has 0 saturated heterocycles. The van der Waals surface area contributed by atoms with E-state index in [1.807, 2.05) is 13.0 Å². The van der Waals surface area contributed by atoms with Gasteiger partial charge in [-0.3, -0.25) is 9.59 Å². The Labute approximate surface area is 121 Å². The van der Waals surface area contributed by atoms with Gasteiger partial charge in [-0.15, -0.1) is 11.3 Å². The van der Waals surface area contributed by atoms with Crippen molar-refractivity contribution in [2.45, 2.75) is 32.4 Å². The first-order valence-electron chi connectivity index (χ1n) is 5.94. The van der Waals surface area contributed by atoms with E-state index in [1.165, 1.54) is 11.3 Å². The molecule has 0 aliphatic rings. The van der Waals surface area contributed by atoms with Crippen LogP contribution in [0, 0.1) is 0 Å². The second-order valence-corrected chi connectivity index (χ2v) is 5.90. The van der Waals surface area contributed by atoms with Crippen LogP contribution in [-0.2, 0) is 16.1 Å². The van der Waals surface area contributed by atoms with Crippen molar-refractivity contribution in [1.29, 1.82) is 0 Å². The van der Waals surface area contributed by atoms with Crippen LogP contribution < -0.4 is 5.73 Å². The van der Waals surface area contributed by atoms with E-state index in [2.05, 4.69) is 0 Å². The molecule has 0 radical (unpaired) electrons. The molecule has 19 heavy (non-hydrogen) atoms. The van der Waals surface area contributed by atoms with Gasteiger partial charge in [-0.25, -0.2) is 0 Å². The molecule has 1 unspecified atom stereocenters. The number of carboxylic acids is 1. The van der Waals surface area contributed by atoms with Gasteiger partial charge in [-0.1, -0.05) is 11.6 Å². The van der Waals surface area contributed by atoms with E-state index >= 15 is 0 Å². The van der Waals surface area contributed by atoms with Crippen molar-refractivity contribution >= 4 is 34.8 Å². The molecule has 1 amide bonds. The highest BCUT2D eigenvalue weighted by Gasteiger charge is 2.21. The van der Waals surface area contributed by atoms with Crippen LogP contribution in [0.15, 0.2) is 12.1 Å². The van der Waals surface area contributed by atoms with Gasteiger partial charge in [0.25, 0.3) is 0 Å². The highest BCUT2D eigenvalue weighted by molar-refractivity contribution is 7.16. The quantitative estimate of drug-likeness (QED) is 0.806. The smallest absolute Gasteiger partial charge is 0.303 e.